The minimum absolute atomic E-state index is 0.0615. The molecule has 2 unspecified atom stereocenters. The van der Waals surface area contributed by atoms with Crippen molar-refractivity contribution in [3.8, 4) is 22.6 Å². The Balaban J connectivity index is 1.15. The number of benzene rings is 2. The number of likely N-dealkylation sites (N-methyl/N-ethyl adjacent to an activating group) is 1. The maximum absolute atomic E-state index is 13.2. The number of carbonyl (C=O) groups is 1. The van der Waals surface area contributed by atoms with Gasteiger partial charge >= 0.3 is 0 Å². The van der Waals surface area contributed by atoms with Crippen LogP contribution in [0.2, 0.25) is 0 Å². The third-order valence-electron chi connectivity index (χ3n) is 8.96. The summed E-state index contributed by atoms with van der Waals surface area (Å²) >= 11 is 0. The monoisotopic (exact) mass is 578 g/mol. The first-order valence-corrected chi connectivity index (χ1v) is 15.3. The second-order valence-electron chi connectivity index (χ2n) is 11.9. The Bertz CT molecular complexity index is 1620. The van der Waals surface area contributed by atoms with Gasteiger partial charge in [0, 0.05) is 49.6 Å². The van der Waals surface area contributed by atoms with E-state index in [2.05, 4.69) is 33.6 Å². The molecule has 3 fully saturated rings. The molecule has 3 aliphatic rings. The van der Waals surface area contributed by atoms with Gasteiger partial charge in [0.2, 0.25) is 5.91 Å². The van der Waals surface area contributed by atoms with Gasteiger partial charge in [-0.25, -0.2) is 9.97 Å². The van der Waals surface area contributed by atoms with E-state index in [1.165, 1.54) is 5.69 Å². The SMILES string of the molecule is CN(C/C=C/C(=O)N1CCC(n2c(C3CC3)c(-c3ccc(Oc4ccccc4)cc3)c3c(N)ncnc32)C1)C1CCOC1. The number of aromatic nitrogens is 3. The van der Waals surface area contributed by atoms with Gasteiger partial charge in [0.15, 0.2) is 0 Å². The first kappa shape index (κ1) is 27.6. The van der Waals surface area contributed by atoms with Crippen molar-refractivity contribution < 1.29 is 14.3 Å². The molecule has 2 atom stereocenters. The third-order valence-corrected chi connectivity index (χ3v) is 8.96. The molecule has 1 aliphatic carbocycles. The van der Waals surface area contributed by atoms with E-state index >= 15 is 0 Å². The number of rotatable bonds is 9. The van der Waals surface area contributed by atoms with Crippen LogP contribution >= 0.6 is 0 Å². The fourth-order valence-corrected chi connectivity index (χ4v) is 6.50. The fourth-order valence-electron chi connectivity index (χ4n) is 6.50. The van der Waals surface area contributed by atoms with Crippen LogP contribution in [0.4, 0.5) is 5.82 Å². The number of nitrogens with zero attached hydrogens (tertiary/aromatic N) is 5. The number of ether oxygens (including phenoxy) is 2. The van der Waals surface area contributed by atoms with E-state index in [4.69, 9.17) is 20.2 Å². The van der Waals surface area contributed by atoms with Crippen LogP contribution in [0.3, 0.4) is 0 Å². The lowest BCUT2D eigenvalue weighted by Gasteiger charge is -2.21. The molecular formula is C34H38N6O3. The minimum Gasteiger partial charge on any atom is -0.457 e. The Hall–Kier alpha value is -4.21. The molecule has 9 heteroatoms. The van der Waals surface area contributed by atoms with Crippen molar-refractivity contribution in [3.05, 3.63) is 78.8 Å². The molecule has 2 aliphatic heterocycles. The number of likely N-dealkylation sites (tertiary alicyclic amines) is 1. The molecule has 1 saturated carbocycles. The molecule has 2 aromatic carbocycles. The minimum atomic E-state index is 0.0615. The standard InChI is InChI=1S/C34H38N6O3/c1-38(26-16-19-42-21-26)17-5-8-29(41)39-18-15-25(20-39)40-32(24-9-10-24)30(31-33(35)36-22-37-34(31)40)23-11-13-28(14-12-23)43-27-6-3-2-4-7-27/h2-8,11-14,22,24-26H,9-10,15-21H2,1H3,(H2,35,36,37)/b8-5+. The number of hydrogen-bond donors (Lipinski definition) is 1. The lowest BCUT2D eigenvalue weighted by molar-refractivity contribution is -0.125. The zero-order chi connectivity index (χ0) is 29.3. The number of para-hydroxylation sites is 1. The lowest BCUT2D eigenvalue weighted by atomic mass is 10.0. The maximum atomic E-state index is 13.2. The molecule has 0 spiro atoms. The van der Waals surface area contributed by atoms with Gasteiger partial charge in [-0.15, -0.1) is 0 Å². The Kier molecular flexibility index (Phi) is 7.59. The smallest absolute Gasteiger partial charge is 0.246 e. The summed E-state index contributed by atoms with van der Waals surface area (Å²) in [4.78, 5) is 26.6. The summed E-state index contributed by atoms with van der Waals surface area (Å²) in [5.74, 6) is 2.55. The van der Waals surface area contributed by atoms with Crippen molar-refractivity contribution in [3.63, 3.8) is 0 Å². The molecule has 7 rings (SSSR count). The molecule has 2 N–H and O–H groups in total. The van der Waals surface area contributed by atoms with E-state index in [0.717, 1.165) is 79.1 Å². The highest BCUT2D eigenvalue weighted by molar-refractivity contribution is 6.03. The van der Waals surface area contributed by atoms with Crippen LogP contribution in [0.5, 0.6) is 11.5 Å². The predicted molar refractivity (Wildman–Crippen MR) is 167 cm³/mol. The van der Waals surface area contributed by atoms with E-state index in [9.17, 15) is 4.79 Å². The van der Waals surface area contributed by atoms with E-state index in [1.54, 1.807) is 12.4 Å². The van der Waals surface area contributed by atoms with Crippen molar-refractivity contribution in [1.29, 1.82) is 0 Å². The van der Waals surface area contributed by atoms with Crippen molar-refractivity contribution in [1.82, 2.24) is 24.3 Å². The Morgan fingerprint density at radius 2 is 1.86 bits per heavy atom. The van der Waals surface area contributed by atoms with Crippen LogP contribution in [0, 0.1) is 0 Å². The molecule has 2 aromatic heterocycles. The highest BCUT2D eigenvalue weighted by atomic mass is 16.5. The van der Waals surface area contributed by atoms with Gasteiger partial charge in [0.05, 0.1) is 18.0 Å². The van der Waals surface area contributed by atoms with Crippen LogP contribution in [0.25, 0.3) is 22.2 Å². The second kappa shape index (κ2) is 11.8. The number of nitrogens with two attached hydrogens (primary N) is 1. The average Bonchev–Trinajstić information content (AvgIpc) is 3.39. The van der Waals surface area contributed by atoms with Gasteiger partial charge in [-0.3, -0.25) is 9.69 Å². The highest BCUT2D eigenvalue weighted by Gasteiger charge is 2.38. The van der Waals surface area contributed by atoms with Crippen LogP contribution in [-0.2, 0) is 9.53 Å². The molecule has 43 heavy (non-hydrogen) atoms. The summed E-state index contributed by atoms with van der Waals surface area (Å²) in [5.41, 5.74) is 10.8. The molecule has 4 aromatic rings. The summed E-state index contributed by atoms with van der Waals surface area (Å²) in [7, 11) is 2.09. The fraction of sp³-hybridized carbons (Fsp3) is 0.382. The van der Waals surface area contributed by atoms with Crippen LogP contribution in [-0.4, -0.2) is 76.2 Å². The maximum Gasteiger partial charge on any atom is 0.246 e. The molecule has 9 nitrogen and oxygen atoms in total. The predicted octanol–water partition coefficient (Wildman–Crippen LogP) is 5.40. The van der Waals surface area contributed by atoms with Gasteiger partial charge in [-0.2, -0.15) is 0 Å². The Morgan fingerprint density at radius 1 is 1.07 bits per heavy atom. The van der Waals surface area contributed by atoms with E-state index in [1.807, 2.05) is 53.4 Å². The van der Waals surface area contributed by atoms with Crippen molar-refractivity contribution in [2.75, 3.05) is 45.6 Å². The lowest BCUT2D eigenvalue weighted by Crippen LogP contribution is -2.32. The quantitative estimate of drug-likeness (QED) is 0.266. The van der Waals surface area contributed by atoms with Crippen LogP contribution in [0.1, 0.15) is 43.3 Å². The Morgan fingerprint density at radius 3 is 2.60 bits per heavy atom. The van der Waals surface area contributed by atoms with Crippen molar-refractivity contribution in [2.45, 2.75) is 43.7 Å². The molecule has 0 bridgehead atoms. The highest BCUT2D eigenvalue weighted by Crippen LogP contribution is 2.51. The summed E-state index contributed by atoms with van der Waals surface area (Å²) in [6.07, 6.45) is 9.43. The summed E-state index contributed by atoms with van der Waals surface area (Å²) < 4.78 is 13.9. The number of hydrogen-bond acceptors (Lipinski definition) is 7. The summed E-state index contributed by atoms with van der Waals surface area (Å²) in [6, 6.07) is 18.5. The molecule has 222 valence electrons. The number of anilines is 1. The first-order valence-electron chi connectivity index (χ1n) is 15.3. The molecule has 4 heterocycles. The van der Waals surface area contributed by atoms with Crippen LogP contribution < -0.4 is 10.5 Å². The first-order chi connectivity index (χ1) is 21.1. The van der Waals surface area contributed by atoms with Gasteiger partial charge in [0.25, 0.3) is 0 Å². The van der Waals surface area contributed by atoms with Gasteiger partial charge in [-0.05, 0) is 68.5 Å². The number of fused-ring (bicyclic) bond motifs is 1. The third kappa shape index (κ3) is 5.62. The van der Waals surface area contributed by atoms with Gasteiger partial charge in [0.1, 0.15) is 29.3 Å². The van der Waals surface area contributed by atoms with Gasteiger partial charge in [-0.1, -0.05) is 36.4 Å². The average molecular weight is 579 g/mol. The Labute approximate surface area is 251 Å². The zero-order valence-electron chi connectivity index (χ0n) is 24.6. The number of carbonyl (C=O) groups excluding carboxylic acids is 1. The molecular weight excluding hydrogens is 540 g/mol. The molecule has 0 radical (unpaired) electrons. The normalized spacial score (nSPS) is 20.6. The topological polar surface area (TPSA) is 98.7 Å². The molecule has 2 saturated heterocycles. The summed E-state index contributed by atoms with van der Waals surface area (Å²) in [5, 5.41) is 0.893. The summed E-state index contributed by atoms with van der Waals surface area (Å²) in [6.45, 7) is 3.68. The van der Waals surface area contributed by atoms with Gasteiger partial charge < -0.3 is 24.7 Å². The van der Waals surface area contributed by atoms with E-state index < -0.39 is 0 Å². The number of nitrogen functional groups attached to an aromatic ring is 1. The second-order valence-corrected chi connectivity index (χ2v) is 11.9. The van der Waals surface area contributed by atoms with Crippen LogP contribution in [0.15, 0.2) is 73.1 Å². The van der Waals surface area contributed by atoms with E-state index in [0.29, 0.717) is 30.9 Å². The zero-order valence-corrected chi connectivity index (χ0v) is 24.6. The van der Waals surface area contributed by atoms with E-state index in [-0.39, 0.29) is 11.9 Å². The van der Waals surface area contributed by atoms with Crippen molar-refractivity contribution in [2.24, 2.45) is 0 Å². The molecule has 1 amide bonds. The largest absolute Gasteiger partial charge is 0.457 e. The number of amides is 1. The van der Waals surface area contributed by atoms with Crippen molar-refractivity contribution >= 4 is 22.8 Å².